The van der Waals surface area contributed by atoms with Crippen LogP contribution in [0.5, 0.6) is 5.75 Å². The van der Waals surface area contributed by atoms with Crippen LogP contribution in [0.3, 0.4) is 0 Å². The Balaban J connectivity index is 2.67. The largest absolute Gasteiger partial charge is 0.496 e. The summed E-state index contributed by atoms with van der Waals surface area (Å²) in [7, 11) is 1.62. The van der Waals surface area contributed by atoms with E-state index >= 15 is 0 Å². The number of hydrogen-bond donors (Lipinski definition) is 0. The highest BCUT2D eigenvalue weighted by Crippen LogP contribution is 2.29. The molecule has 0 fully saturated rings. The van der Waals surface area contributed by atoms with Gasteiger partial charge in [-0.25, -0.2) is 0 Å². The van der Waals surface area contributed by atoms with Crippen molar-refractivity contribution in [1.82, 2.24) is 0 Å². The number of nitrogens with zero attached hydrogens (tertiary/aromatic N) is 1. The second kappa shape index (κ2) is 3.43. The second-order valence-electron chi connectivity index (χ2n) is 2.93. The van der Waals surface area contributed by atoms with Crippen molar-refractivity contribution in [3.05, 3.63) is 30.0 Å². The molecule has 0 saturated carbocycles. The van der Waals surface area contributed by atoms with Gasteiger partial charge in [-0.3, -0.25) is 0 Å². The molecule has 0 aliphatic rings. The van der Waals surface area contributed by atoms with Gasteiger partial charge in [0.2, 0.25) is 0 Å². The van der Waals surface area contributed by atoms with E-state index in [1.54, 1.807) is 13.4 Å². The second-order valence-corrected chi connectivity index (χ2v) is 2.93. The highest BCUT2D eigenvalue weighted by Gasteiger charge is 2.08. The van der Waals surface area contributed by atoms with Gasteiger partial charge in [0.25, 0.3) is 0 Å². The summed E-state index contributed by atoms with van der Waals surface area (Å²) in [5.74, 6) is 0.774. The first-order chi connectivity index (χ1) is 6.86. The van der Waals surface area contributed by atoms with Gasteiger partial charge in [-0.2, -0.15) is 5.26 Å². The number of methoxy groups -OCH3 is 1. The van der Waals surface area contributed by atoms with E-state index in [1.165, 1.54) is 0 Å². The zero-order valence-corrected chi connectivity index (χ0v) is 7.78. The first kappa shape index (κ1) is 8.64. The van der Waals surface area contributed by atoms with Crippen molar-refractivity contribution in [3.8, 4) is 11.8 Å². The zero-order valence-electron chi connectivity index (χ0n) is 7.78. The lowest BCUT2D eigenvalue weighted by molar-refractivity contribution is 0.419. The van der Waals surface area contributed by atoms with E-state index < -0.39 is 0 Å². The Bertz CT molecular complexity index is 493. The molecule has 1 aromatic heterocycles. The summed E-state index contributed by atoms with van der Waals surface area (Å²) in [6.07, 6.45) is 1.96. The fraction of sp³-hybridized carbons (Fsp3) is 0.182. The summed E-state index contributed by atoms with van der Waals surface area (Å²) in [4.78, 5) is 0. The molecule has 0 spiro atoms. The third-order valence-corrected chi connectivity index (χ3v) is 2.15. The third-order valence-electron chi connectivity index (χ3n) is 2.15. The number of hydrogen-bond acceptors (Lipinski definition) is 3. The average molecular weight is 187 g/mol. The molecule has 0 radical (unpaired) electrons. The maximum atomic E-state index is 8.62. The van der Waals surface area contributed by atoms with E-state index in [1.807, 2.05) is 18.2 Å². The average Bonchev–Trinajstić information content (AvgIpc) is 2.67. The van der Waals surface area contributed by atoms with Crippen LogP contribution in [0.4, 0.5) is 0 Å². The Hall–Kier alpha value is -1.95. The minimum absolute atomic E-state index is 0.355. The molecule has 2 rings (SSSR count). The van der Waals surface area contributed by atoms with Crippen LogP contribution >= 0.6 is 0 Å². The monoisotopic (exact) mass is 187 g/mol. The van der Waals surface area contributed by atoms with Crippen molar-refractivity contribution in [2.45, 2.75) is 6.42 Å². The Labute approximate surface area is 81.5 Å². The summed E-state index contributed by atoms with van der Waals surface area (Å²) in [5.41, 5.74) is 1.64. The minimum Gasteiger partial charge on any atom is -0.496 e. The Morgan fingerprint density at radius 1 is 1.43 bits per heavy atom. The Morgan fingerprint density at radius 3 is 3.00 bits per heavy atom. The molecule has 0 aliphatic heterocycles. The lowest BCUT2D eigenvalue weighted by atomic mass is 10.1. The number of nitriles is 1. The van der Waals surface area contributed by atoms with E-state index in [2.05, 4.69) is 6.07 Å². The van der Waals surface area contributed by atoms with Gasteiger partial charge >= 0.3 is 0 Å². The lowest BCUT2D eigenvalue weighted by Crippen LogP contribution is -1.87. The Morgan fingerprint density at radius 2 is 2.29 bits per heavy atom. The van der Waals surface area contributed by atoms with Crippen LogP contribution in [-0.4, -0.2) is 7.11 Å². The smallest absolute Gasteiger partial charge is 0.141 e. The van der Waals surface area contributed by atoms with Gasteiger partial charge in [0, 0.05) is 5.56 Å². The van der Waals surface area contributed by atoms with Crippen molar-refractivity contribution in [2.75, 3.05) is 7.11 Å². The molecular formula is C11H9NO2. The van der Waals surface area contributed by atoms with Crippen LogP contribution in [0.1, 0.15) is 5.56 Å². The number of furan rings is 1. The molecule has 1 aromatic carbocycles. The molecule has 14 heavy (non-hydrogen) atoms. The fourth-order valence-electron chi connectivity index (χ4n) is 1.50. The predicted octanol–water partition coefficient (Wildman–Crippen LogP) is 2.51. The lowest BCUT2D eigenvalue weighted by Gasteiger charge is -2.02. The standard InChI is InChI=1S/C11H9NO2/c1-13-10-3-2-8(4-6-12)11-9(10)5-7-14-11/h2-3,5,7H,4H2,1H3. The van der Waals surface area contributed by atoms with E-state index in [4.69, 9.17) is 14.4 Å². The molecule has 0 amide bonds. The minimum atomic E-state index is 0.355. The molecular weight excluding hydrogens is 178 g/mol. The normalized spacial score (nSPS) is 10.0. The van der Waals surface area contributed by atoms with E-state index in [0.717, 1.165) is 22.3 Å². The molecule has 0 saturated heterocycles. The van der Waals surface area contributed by atoms with Gasteiger partial charge in [-0.15, -0.1) is 0 Å². The molecule has 2 aromatic rings. The van der Waals surface area contributed by atoms with Gasteiger partial charge in [0.15, 0.2) is 0 Å². The molecule has 0 N–H and O–H groups in total. The van der Waals surface area contributed by atoms with Crippen LogP contribution in [0, 0.1) is 11.3 Å². The van der Waals surface area contributed by atoms with Crippen molar-refractivity contribution in [1.29, 1.82) is 5.26 Å². The third kappa shape index (κ3) is 1.21. The van der Waals surface area contributed by atoms with Gasteiger partial charge in [-0.05, 0) is 12.1 Å². The van der Waals surface area contributed by atoms with Crippen LogP contribution in [0.15, 0.2) is 28.9 Å². The van der Waals surface area contributed by atoms with Crippen LogP contribution in [0.2, 0.25) is 0 Å². The van der Waals surface area contributed by atoms with Crippen molar-refractivity contribution in [2.24, 2.45) is 0 Å². The maximum absolute atomic E-state index is 8.62. The van der Waals surface area contributed by atoms with Crippen LogP contribution in [-0.2, 0) is 6.42 Å². The van der Waals surface area contributed by atoms with E-state index in [-0.39, 0.29) is 0 Å². The molecule has 0 unspecified atom stereocenters. The number of fused-ring (bicyclic) bond motifs is 1. The molecule has 3 heteroatoms. The molecule has 1 heterocycles. The highest BCUT2D eigenvalue weighted by molar-refractivity contribution is 5.86. The Kier molecular flexibility index (Phi) is 2.11. The van der Waals surface area contributed by atoms with Gasteiger partial charge < -0.3 is 9.15 Å². The topological polar surface area (TPSA) is 46.2 Å². The van der Waals surface area contributed by atoms with Gasteiger partial charge in [0.05, 0.1) is 31.2 Å². The summed E-state index contributed by atoms with van der Waals surface area (Å²) in [5, 5.41) is 9.54. The fourth-order valence-corrected chi connectivity index (χ4v) is 1.50. The molecule has 0 bridgehead atoms. The first-order valence-electron chi connectivity index (χ1n) is 4.27. The van der Waals surface area contributed by atoms with Crippen molar-refractivity contribution >= 4 is 11.0 Å². The molecule has 70 valence electrons. The summed E-state index contributed by atoms with van der Waals surface area (Å²) in [6.45, 7) is 0. The van der Waals surface area contributed by atoms with E-state index in [9.17, 15) is 0 Å². The summed E-state index contributed by atoms with van der Waals surface area (Å²) < 4.78 is 10.5. The number of rotatable bonds is 2. The van der Waals surface area contributed by atoms with Crippen molar-refractivity contribution in [3.63, 3.8) is 0 Å². The summed E-state index contributed by atoms with van der Waals surface area (Å²) >= 11 is 0. The van der Waals surface area contributed by atoms with Crippen LogP contribution in [0.25, 0.3) is 11.0 Å². The SMILES string of the molecule is COc1ccc(CC#N)c2occc12. The van der Waals surface area contributed by atoms with Crippen molar-refractivity contribution < 1.29 is 9.15 Å². The summed E-state index contributed by atoms with van der Waals surface area (Å²) in [6, 6.07) is 7.65. The number of ether oxygens (including phenoxy) is 1. The number of benzene rings is 1. The molecule has 3 nitrogen and oxygen atoms in total. The molecule has 0 aliphatic carbocycles. The van der Waals surface area contributed by atoms with Gasteiger partial charge in [0.1, 0.15) is 11.3 Å². The first-order valence-corrected chi connectivity index (χ1v) is 4.27. The maximum Gasteiger partial charge on any atom is 0.141 e. The molecule has 0 atom stereocenters. The quantitative estimate of drug-likeness (QED) is 0.725. The predicted molar refractivity (Wildman–Crippen MR) is 52.1 cm³/mol. The van der Waals surface area contributed by atoms with Gasteiger partial charge in [-0.1, -0.05) is 6.07 Å². The van der Waals surface area contributed by atoms with Crippen LogP contribution < -0.4 is 4.74 Å². The van der Waals surface area contributed by atoms with E-state index in [0.29, 0.717) is 6.42 Å². The zero-order chi connectivity index (χ0) is 9.97. The highest BCUT2D eigenvalue weighted by atomic mass is 16.5.